The summed E-state index contributed by atoms with van der Waals surface area (Å²) >= 11 is 2.63. The highest BCUT2D eigenvalue weighted by Gasteiger charge is 2.33. The maximum absolute atomic E-state index is 13.0. The minimum absolute atomic E-state index is 0.326. The average molecular weight is 285 g/mol. The Morgan fingerprint density at radius 2 is 2.07 bits per heavy atom. The fraction of sp³-hybridized carbons (Fsp3) is 0.143. The fourth-order valence-corrected chi connectivity index (χ4v) is 1.10. The Hall–Kier alpha value is -1.36. The summed E-state index contributed by atoms with van der Waals surface area (Å²) in [5.74, 6) is -2.60. The molecule has 0 saturated carbocycles. The van der Waals surface area contributed by atoms with Crippen molar-refractivity contribution in [3.63, 3.8) is 0 Å². The van der Waals surface area contributed by atoms with Crippen LogP contribution in [0.4, 0.5) is 17.6 Å². The van der Waals surface area contributed by atoms with Gasteiger partial charge < -0.3 is 4.74 Å². The smallest absolute Gasteiger partial charge is 0.385 e. The van der Waals surface area contributed by atoms with Gasteiger partial charge in [0.15, 0.2) is 5.82 Å². The molecule has 3 nitrogen and oxygen atoms in total. The Morgan fingerprint density at radius 1 is 1.47 bits per heavy atom. The summed E-state index contributed by atoms with van der Waals surface area (Å²) in [7, 11) is 0. The summed E-state index contributed by atoms with van der Waals surface area (Å²) in [5.41, 5.74) is -0.387. The van der Waals surface area contributed by atoms with E-state index >= 15 is 0 Å². The van der Waals surface area contributed by atoms with E-state index in [0.717, 1.165) is 6.07 Å². The molecule has 0 N–H and O–H groups in total. The monoisotopic (exact) mass is 284 g/mol. The molecule has 0 bridgehead atoms. The first-order valence-electron chi connectivity index (χ1n) is 3.35. The first kappa shape index (κ1) is 11.7. The van der Waals surface area contributed by atoms with Crippen molar-refractivity contribution < 1.29 is 22.3 Å². The molecule has 80 valence electrons. The van der Waals surface area contributed by atoms with Crippen LogP contribution in [0.2, 0.25) is 0 Å². The number of rotatable bonds is 1. The molecular weight excluding hydrogens is 284 g/mol. The molecule has 0 aliphatic carbocycles. The zero-order chi connectivity index (χ0) is 11.6. The van der Waals surface area contributed by atoms with Gasteiger partial charge in [0, 0.05) is 0 Å². The Balaban J connectivity index is 3.18. The molecule has 1 rings (SSSR count). The quantitative estimate of drug-likeness (QED) is 0.745. The Kier molecular flexibility index (Phi) is 3.14. The third kappa shape index (κ3) is 3.06. The van der Waals surface area contributed by atoms with Gasteiger partial charge in [0.25, 0.3) is 5.88 Å². The summed E-state index contributed by atoms with van der Waals surface area (Å²) < 4.78 is 51.3. The maximum atomic E-state index is 13.0. The minimum Gasteiger partial charge on any atom is -0.385 e. The largest absolute Gasteiger partial charge is 0.574 e. The summed E-state index contributed by atoms with van der Waals surface area (Å²) in [6.45, 7) is 0. The number of alkyl halides is 3. The number of nitrogens with zero attached hydrogens (tertiary/aromatic N) is 2. The molecule has 8 heteroatoms. The second-order valence-electron chi connectivity index (χ2n) is 2.27. The van der Waals surface area contributed by atoms with Crippen LogP contribution in [0, 0.1) is 17.1 Å². The van der Waals surface area contributed by atoms with Gasteiger partial charge in [0.1, 0.15) is 11.8 Å². The van der Waals surface area contributed by atoms with Crippen molar-refractivity contribution >= 4 is 15.9 Å². The summed E-state index contributed by atoms with van der Waals surface area (Å²) in [5, 5.41) is 8.38. The molecule has 0 aliphatic rings. The molecule has 0 aliphatic heterocycles. The van der Waals surface area contributed by atoms with Crippen LogP contribution in [0.5, 0.6) is 5.88 Å². The highest BCUT2D eigenvalue weighted by molar-refractivity contribution is 9.10. The lowest BCUT2D eigenvalue weighted by Gasteiger charge is -2.09. The number of pyridine rings is 1. The Morgan fingerprint density at radius 3 is 2.53 bits per heavy atom. The van der Waals surface area contributed by atoms with Gasteiger partial charge in [-0.15, -0.1) is 13.2 Å². The van der Waals surface area contributed by atoms with Crippen molar-refractivity contribution in [1.82, 2.24) is 4.98 Å². The molecule has 0 aromatic carbocycles. The molecule has 0 spiro atoms. The van der Waals surface area contributed by atoms with Gasteiger partial charge in [-0.2, -0.15) is 14.6 Å². The van der Waals surface area contributed by atoms with Crippen molar-refractivity contribution in [2.45, 2.75) is 6.36 Å². The van der Waals surface area contributed by atoms with E-state index in [1.807, 2.05) is 0 Å². The van der Waals surface area contributed by atoms with Crippen LogP contribution in [0.1, 0.15) is 5.69 Å². The zero-order valence-corrected chi connectivity index (χ0v) is 8.36. The number of aromatic nitrogens is 1. The third-order valence-electron chi connectivity index (χ3n) is 1.21. The molecule has 0 amide bonds. The Labute approximate surface area is 89.4 Å². The number of nitriles is 1. The molecule has 0 saturated heterocycles. The van der Waals surface area contributed by atoms with E-state index in [2.05, 4.69) is 25.7 Å². The van der Waals surface area contributed by atoms with Gasteiger partial charge in [-0.1, -0.05) is 0 Å². The minimum atomic E-state index is -5.05. The molecule has 1 heterocycles. The van der Waals surface area contributed by atoms with Gasteiger partial charge >= 0.3 is 6.36 Å². The van der Waals surface area contributed by atoms with Crippen LogP contribution in [-0.4, -0.2) is 11.3 Å². The van der Waals surface area contributed by atoms with Crippen molar-refractivity contribution in [3.05, 3.63) is 22.1 Å². The van der Waals surface area contributed by atoms with E-state index in [1.165, 1.54) is 6.07 Å². The van der Waals surface area contributed by atoms with E-state index in [9.17, 15) is 17.6 Å². The van der Waals surface area contributed by atoms with E-state index in [1.54, 1.807) is 0 Å². The number of hydrogen-bond donors (Lipinski definition) is 0. The van der Waals surface area contributed by atoms with Crippen molar-refractivity contribution in [2.24, 2.45) is 0 Å². The normalized spacial score (nSPS) is 10.9. The summed E-state index contributed by atoms with van der Waals surface area (Å²) in [6, 6.07) is 2.41. The predicted octanol–water partition coefficient (Wildman–Crippen LogP) is 2.75. The topological polar surface area (TPSA) is 45.9 Å². The van der Waals surface area contributed by atoms with Gasteiger partial charge in [-0.3, -0.25) is 0 Å². The molecule has 1 aromatic heterocycles. The van der Waals surface area contributed by atoms with Crippen LogP contribution in [0.25, 0.3) is 0 Å². The predicted molar refractivity (Wildman–Crippen MR) is 43.3 cm³/mol. The van der Waals surface area contributed by atoms with Crippen molar-refractivity contribution in [1.29, 1.82) is 5.26 Å². The van der Waals surface area contributed by atoms with Crippen LogP contribution < -0.4 is 4.74 Å². The van der Waals surface area contributed by atoms with Crippen LogP contribution in [-0.2, 0) is 0 Å². The van der Waals surface area contributed by atoms with Crippen molar-refractivity contribution in [2.75, 3.05) is 0 Å². The molecule has 0 radical (unpaired) electrons. The molecule has 0 atom stereocenters. The van der Waals surface area contributed by atoms with Gasteiger partial charge in [0.2, 0.25) is 0 Å². The average Bonchev–Trinajstić information content (AvgIpc) is 2.10. The number of hydrogen-bond acceptors (Lipinski definition) is 3. The van der Waals surface area contributed by atoms with E-state index in [4.69, 9.17) is 5.26 Å². The summed E-state index contributed by atoms with van der Waals surface area (Å²) in [4.78, 5) is 3.03. The first-order valence-corrected chi connectivity index (χ1v) is 4.14. The Bertz CT molecular complexity index is 426. The standard InChI is InChI=1S/C7HBrF4N2O/c8-4-1-3(2-13)14-6(5(4)9)15-7(10,11)12/h1H. The van der Waals surface area contributed by atoms with E-state index in [-0.39, 0.29) is 10.2 Å². The van der Waals surface area contributed by atoms with E-state index in [0.29, 0.717) is 0 Å². The highest BCUT2D eigenvalue weighted by atomic mass is 79.9. The third-order valence-corrected chi connectivity index (χ3v) is 1.79. The van der Waals surface area contributed by atoms with E-state index < -0.39 is 18.1 Å². The van der Waals surface area contributed by atoms with Gasteiger partial charge in [0.05, 0.1) is 4.47 Å². The molecule has 0 fully saturated rings. The fourth-order valence-electron chi connectivity index (χ4n) is 0.711. The van der Waals surface area contributed by atoms with Crippen LogP contribution in [0.3, 0.4) is 0 Å². The van der Waals surface area contributed by atoms with Crippen molar-refractivity contribution in [3.8, 4) is 11.9 Å². The molecule has 15 heavy (non-hydrogen) atoms. The first-order chi connectivity index (χ1) is 6.83. The highest BCUT2D eigenvalue weighted by Crippen LogP contribution is 2.28. The van der Waals surface area contributed by atoms with Gasteiger partial charge in [-0.25, -0.2) is 0 Å². The molecule has 0 unspecified atom stereocenters. The molecular formula is C7HBrF4N2O. The van der Waals surface area contributed by atoms with Crippen LogP contribution >= 0.6 is 15.9 Å². The molecule has 1 aromatic rings. The maximum Gasteiger partial charge on any atom is 0.574 e. The lowest BCUT2D eigenvalue weighted by atomic mass is 10.3. The van der Waals surface area contributed by atoms with Crippen LogP contribution in [0.15, 0.2) is 10.5 Å². The SMILES string of the molecule is N#Cc1cc(Br)c(F)c(OC(F)(F)F)n1. The number of halogens is 5. The second kappa shape index (κ2) is 4.02. The van der Waals surface area contributed by atoms with Gasteiger partial charge in [-0.05, 0) is 22.0 Å². The lowest BCUT2D eigenvalue weighted by Crippen LogP contribution is -2.19. The lowest BCUT2D eigenvalue weighted by molar-refractivity contribution is -0.277. The zero-order valence-electron chi connectivity index (χ0n) is 6.77. The number of ether oxygens (including phenoxy) is 1. The second-order valence-corrected chi connectivity index (χ2v) is 3.12. The summed E-state index contributed by atoms with van der Waals surface area (Å²) in [6.07, 6.45) is -5.05.